The average molecular weight is 429 g/mol. The molecule has 1 atom stereocenters. The minimum atomic E-state index is -0.344. The third-order valence-electron chi connectivity index (χ3n) is 7.25. The van der Waals surface area contributed by atoms with E-state index in [4.69, 9.17) is 9.47 Å². The van der Waals surface area contributed by atoms with Crippen molar-refractivity contribution in [2.45, 2.75) is 11.5 Å². The van der Waals surface area contributed by atoms with E-state index < -0.39 is 0 Å². The van der Waals surface area contributed by atoms with Gasteiger partial charge in [-0.25, -0.2) is 0 Å². The van der Waals surface area contributed by atoms with Gasteiger partial charge in [0.05, 0.1) is 45.0 Å². The van der Waals surface area contributed by atoms with Gasteiger partial charge in [0.25, 0.3) is 0 Å². The Morgan fingerprint density at radius 3 is 2.61 bits per heavy atom. The van der Waals surface area contributed by atoms with Gasteiger partial charge in [0.1, 0.15) is 5.75 Å². The van der Waals surface area contributed by atoms with Gasteiger partial charge >= 0.3 is 0 Å². The number of aliphatic hydroxyl groups excluding tert-OH is 1. The van der Waals surface area contributed by atoms with Gasteiger partial charge in [0.15, 0.2) is 0 Å². The number of amides is 1. The standard InChI is InChI=1S/C23H32N4O4/c1-24-13-23(14-24)15-27(20(29)11-26-6-8-31-9-7-26)19(12-28)22-21(23)17-5-4-16(30-3)10-18(17)25(22)2/h4-5,10,19,28H,6-9,11-15H2,1-3H3/t19-/m1/s1. The predicted octanol–water partition coefficient (Wildman–Crippen LogP) is 0.578. The molecule has 8 nitrogen and oxygen atoms in total. The lowest BCUT2D eigenvalue weighted by molar-refractivity contribution is -0.141. The number of likely N-dealkylation sites (N-methyl/N-ethyl adjacent to an activating group) is 1. The van der Waals surface area contributed by atoms with Gasteiger partial charge in [-0.1, -0.05) is 0 Å². The SMILES string of the molecule is COc1ccc2c3c(n(C)c2c1)[C@@H](CO)N(C(=O)CN1CCOCC1)CC31CN(C)C1. The topological polar surface area (TPSA) is 70.4 Å². The molecule has 31 heavy (non-hydrogen) atoms. The van der Waals surface area contributed by atoms with Crippen LogP contribution in [0.4, 0.5) is 0 Å². The van der Waals surface area contributed by atoms with E-state index in [1.165, 1.54) is 10.9 Å². The zero-order valence-electron chi connectivity index (χ0n) is 18.6. The van der Waals surface area contributed by atoms with Crippen LogP contribution in [0.25, 0.3) is 10.9 Å². The van der Waals surface area contributed by atoms with Crippen molar-refractivity contribution in [3.63, 3.8) is 0 Å². The zero-order valence-corrected chi connectivity index (χ0v) is 18.6. The molecule has 8 heteroatoms. The predicted molar refractivity (Wildman–Crippen MR) is 117 cm³/mol. The van der Waals surface area contributed by atoms with Crippen LogP contribution >= 0.6 is 0 Å². The number of benzene rings is 1. The molecule has 168 valence electrons. The number of likely N-dealkylation sites (tertiary alicyclic amines) is 1. The fourth-order valence-corrected chi connectivity index (χ4v) is 5.91. The molecule has 2 fully saturated rings. The highest BCUT2D eigenvalue weighted by Gasteiger charge is 2.53. The summed E-state index contributed by atoms with van der Waals surface area (Å²) in [6.45, 7) is 5.63. The molecule has 3 aliphatic rings. The third kappa shape index (κ3) is 3.24. The molecule has 4 heterocycles. The maximum absolute atomic E-state index is 13.5. The third-order valence-corrected chi connectivity index (χ3v) is 7.25. The Balaban J connectivity index is 1.58. The van der Waals surface area contributed by atoms with E-state index in [9.17, 15) is 9.90 Å². The number of hydrogen-bond acceptors (Lipinski definition) is 6. The minimum Gasteiger partial charge on any atom is -0.497 e. The molecule has 1 amide bonds. The molecule has 3 aliphatic heterocycles. The molecular weight excluding hydrogens is 396 g/mol. The van der Waals surface area contributed by atoms with E-state index in [2.05, 4.69) is 33.5 Å². The monoisotopic (exact) mass is 428 g/mol. The first kappa shape index (κ1) is 20.8. The molecule has 1 spiro atoms. The molecule has 5 rings (SSSR count). The zero-order chi connectivity index (χ0) is 21.8. The van der Waals surface area contributed by atoms with Gasteiger partial charge in [-0.05, 0) is 24.7 Å². The number of rotatable bonds is 4. The Kier molecular flexibility index (Phi) is 5.21. The summed E-state index contributed by atoms with van der Waals surface area (Å²) in [5, 5.41) is 11.6. The molecule has 0 aliphatic carbocycles. The quantitative estimate of drug-likeness (QED) is 0.768. The summed E-state index contributed by atoms with van der Waals surface area (Å²) in [6, 6.07) is 5.84. The number of methoxy groups -OCH3 is 1. The van der Waals surface area contributed by atoms with Gasteiger partial charge < -0.3 is 28.9 Å². The van der Waals surface area contributed by atoms with Crippen LogP contribution < -0.4 is 4.74 Å². The first-order chi connectivity index (χ1) is 15.0. The Morgan fingerprint density at radius 2 is 1.97 bits per heavy atom. The Hall–Kier alpha value is -2.13. The van der Waals surface area contributed by atoms with Gasteiger partial charge in [-0.2, -0.15) is 0 Å². The van der Waals surface area contributed by atoms with Crippen LogP contribution in [0.1, 0.15) is 17.3 Å². The molecule has 0 radical (unpaired) electrons. The lowest BCUT2D eigenvalue weighted by atomic mass is 9.69. The highest BCUT2D eigenvalue weighted by atomic mass is 16.5. The number of aryl methyl sites for hydroxylation is 1. The van der Waals surface area contributed by atoms with Crippen LogP contribution in [0.3, 0.4) is 0 Å². The van der Waals surface area contributed by atoms with Crippen molar-refractivity contribution in [2.75, 3.05) is 73.2 Å². The second-order valence-corrected chi connectivity index (χ2v) is 9.26. The van der Waals surface area contributed by atoms with E-state index in [1.807, 2.05) is 18.0 Å². The van der Waals surface area contributed by atoms with Crippen molar-refractivity contribution in [1.82, 2.24) is 19.3 Å². The van der Waals surface area contributed by atoms with Crippen molar-refractivity contribution >= 4 is 16.8 Å². The second-order valence-electron chi connectivity index (χ2n) is 9.26. The lowest BCUT2D eigenvalue weighted by Crippen LogP contribution is -2.66. The second kappa shape index (κ2) is 7.78. The first-order valence-corrected chi connectivity index (χ1v) is 11.0. The van der Waals surface area contributed by atoms with E-state index in [0.29, 0.717) is 26.3 Å². The van der Waals surface area contributed by atoms with Crippen molar-refractivity contribution < 1.29 is 19.4 Å². The number of aliphatic hydroxyl groups is 1. The summed E-state index contributed by atoms with van der Waals surface area (Å²) in [4.78, 5) is 19.9. The molecule has 1 N–H and O–H groups in total. The molecule has 1 aromatic carbocycles. The van der Waals surface area contributed by atoms with Crippen molar-refractivity contribution in [3.8, 4) is 5.75 Å². The van der Waals surface area contributed by atoms with Gasteiger partial charge in [-0.3, -0.25) is 9.69 Å². The van der Waals surface area contributed by atoms with Crippen LogP contribution in [0, 0.1) is 0 Å². The van der Waals surface area contributed by atoms with Crippen LogP contribution in [-0.4, -0.2) is 104 Å². The molecule has 0 unspecified atom stereocenters. The molecule has 2 aromatic rings. The van der Waals surface area contributed by atoms with E-state index >= 15 is 0 Å². The number of aromatic nitrogens is 1. The summed E-state index contributed by atoms with van der Waals surface area (Å²) in [6.07, 6.45) is 0. The number of ether oxygens (including phenoxy) is 2. The summed E-state index contributed by atoms with van der Waals surface area (Å²) in [7, 11) is 5.83. The van der Waals surface area contributed by atoms with Crippen molar-refractivity contribution in [3.05, 3.63) is 29.5 Å². The minimum absolute atomic E-state index is 0.0864. The van der Waals surface area contributed by atoms with Gasteiger partial charge in [-0.15, -0.1) is 0 Å². The van der Waals surface area contributed by atoms with Crippen LogP contribution in [0.2, 0.25) is 0 Å². The summed E-state index contributed by atoms with van der Waals surface area (Å²) in [5.74, 6) is 0.898. The van der Waals surface area contributed by atoms with Gasteiger partial charge in [0, 0.05) is 62.3 Å². The Bertz CT molecular complexity index is 991. The summed E-state index contributed by atoms with van der Waals surface area (Å²) in [5.41, 5.74) is 3.32. The Labute approximate surface area is 182 Å². The summed E-state index contributed by atoms with van der Waals surface area (Å²) >= 11 is 0. The largest absolute Gasteiger partial charge is 0.497 e. The Morgan fingerprint density at radius 1 is 1.23 bits per heavy atom. The number of carbonyl (C=O) groups is 1. The number of carbonyl (C=O) groups excluding carboxylic acids is 1. The summed E-state index contributed by atoms with van der Waals surface area (Å²) < 4.78 is 13.0. The first-order valence-electron chi connectivity index (χ1n) is 11.0. The van der Waals surface area contributed by atoms with Gasteiger partial charge in [0.2, 0.25) is 5.91 Å². The van der Waals surface area contributed by atoms with E-state index in [1.54, 1.807) is 7.11 Å². The normalized spacial score (nSPS) is 23.7. The van der Waals surface area contributed by atoms with E-state index in [-0.39, 0.29) is 24.0 Å². The van der Waals surface area contributed by atoms with Crippen LogP contribution in [0.15, 0.2) is 18.2 Å². The number of hydrogen-bond donors (Lipinski definition) is 1. The molecule has 0 bridgehead atoms. The van der Waals surface area contributed by atoms with Crippen LogP contribution in [0.5, 0.6) is 5.75 Å². The van der Waals surface area contributed by atoms with Crippen LogP contribution in [-0.2, 0) is 22.0 Å². The number of fused-ring (bicyclic) bond motifs is 4. The molecule has 2 saturated heterocycles. The smallest absolute Gasteiger partial charge is 0.237 e. The number of nitrogens with zero attached hydrogens (tertiary/aromatic N) is 4. The highest BCUT2D eigenvalue weighted by Crippen LogP contribution is 2.49. The van der Waals surface area contributed by atoms with E-state index in [0.717, 1.165) is 43.1 Å². The maximum atomic E-state index is 13.5. The maximum Gasteiger partial charge on any atom is 0.237 e. The molecule has 0 saturated carbocycles. The average Bonchev–Trinajstić information content (AvgIpc) is 3.06. The fraction of sp³-hybridized carbons (Fsp3) is 0.609. The highest BCUT2D eigenvalue weighted by molar-refractivity contribution is 5.90. The molecular formula is C23H32N4O4. The number of morpholine rings is 1. The van der Waals surface area contributed by atoms with Crippen molar-refractivity contribution in [1.29, 1.82) is 0 Å². The lowest BCUT2D eigenvalue weighted by Gasteiger charge is -2.55. The fourth-order valence-electron chi connectivity index (χ4n) is 5.91. The van der Waals surface area contributed by atoms with Crippen molar-refractivity contribution in [2.24, 2.45) is 7.05 Å². The molecule has 1 aromatic heterocycles.